The van der Waals surface area contributed by atoms with Crippen molar-refractivity contribution in [1.82, 2.24) is 4.57 Å². The number of thiazole rings is 1. The fourth-order valence-electron chi connectivity index (χ4n) is 3.89. The summed E-state index contributed by atoms with van der Waals surface area (Å²) in [5, 5.41) is 9.56. The molecule has 0 radical (unpaired) electrons. The van der Waals surface area contributed by atoms with Gasteiger partial charge in [0.05, 0.1) is 26.3 Å². The molecule has 202 valence electrons. The number of hydrogen-bond acceptors (Lipinski definition) is 7. The molecule has 0 saturated heterocycles. The zero-order valence-corrected chi connectivity index (χ0v) is 24.2. The summed E-state index contributed by atoms with van der Waals surface area (Å²) in [5.41, 5.74) is -2.45. The summed E-state index contributed by atoms with van der Waals surface area (Å²) in [6.45, 7) is 0.981. The molecule has 0 amide bonds. The van der Waals surface area contributed by atoms with Crippen LogP contribution in [0.4, 0.5) is 13.2 Å². The SMILES string of the molecule is CCOC(=O)C1=C(C(F)(F)F)N=c2s/c(=C\c3cc(Cl)cc(I)c3OCC#N)c(=O)n2[C@H]1c1ccc(Cl)cc1. The summed E-state index contributed by atoms with van der Waals surface area (Å²) in [4.78, 5) is 30.1. The molecule has 7 nitrogen and oxygen atoms in total. The monoisotopic (exact) mass is 707 g/mol. The van der Waals surface area contributed by atoms with E-state index in [9.17, 15) is 22.8 Å². The first kappa shape index (κ1) is 29.1. The third kappa shape index (κ3) is 6.01. The van der Waals surface area contributed by atoms with Crippen molar-refractivity contribution in [1.29, 1.82) is 5.26 Å². The zero-order chi connectivity index (χ0) is 28.5. The summed E-state index contributed by atoms with van der Waals surface area (Å²) < 4.78 is 54.7. The summed E-state index contributed by atoms with van der Waals surface area (Å²) in [7, 11) is 0. The van der Waals surface area contributed by atoms with Crippen molar-refractivity contribution in [3.63, 3.8) is 0 Å². The maximum atomic E-state index is 14.2. The van der Waals surface area contributed by atoms with Gasteiger partial charge in [-0.25, -0.2) is 9.79 Å². The van der Waals surface area contributed by atoms with Gasteiger partial charge >= 0.3 is 12.1 Å². The highest BCUT2D eigenvalue weighted by molar-refractivity contribution is 14.1. The smallest absolute Gasteiger partial charge is 0.434 e. The first-order valence-electron chi connectivity index (χ1n) is 11.0. The van der Waals surface area contributed by atoms with E-state index < -0.39 is 35.0 Å². The van der Waals surface area contributed by atoms with Crippen LogP contribution in [0.15, 0.2) is 57.5 Å². The topological polar surface area (TPSA) is 93.7 Å². The number of ether oxygens (including phenoxy) is 2. The number of carbonyl (C=O) groups is 1. The summed E-state index contributed by atoms with van der Waals surface area (Å²) >= 11 is 14.8. The standard InChI is InChI=1S/C25H15Cl2F3IN3O4S/c1-2-37-23(36)18-19(12-3-5-14(26)6-4-12)34-22(35)17(39-24(34)33-21(18)25(28,29)30)10-13-9-15(27)11-16(31)20(13)38-8-7-32/h3-6,9-11,19H,2,8H2,1H3/b17-10-/t19-/m0/s1. The Morgan fingerprint density at radius 3 is 2.56 bits per heavy atom. The van der Waals surface area contributed by atoms with E-state index in [2.05, 4.69) is 4.99 Å². The van der Waals surface area contributed by atoms with E-state index >= 15 is 0 Å². The fraction of sp³-hybridized carbons (Fsp3) is 0.200. The molecule has 1 aromatic heterocycles. The number of hydrogen-bond donors (Lipinski definition) is 0. The molecule has 0 aliphatic carbocycles. The van der Waals surface area contributed by atoms with Gasteiger partial charge in [0.1, 0.15) is 11.8 Å². The Kier molecular flexibility index (Phi) is 8.75. The van der Waals surface area contributed by atoms with Gasteiger partial charge in [-0.15, -0.1) is 0 Å². The maximum Gasteiger partial charge on any atom is 0.434 e. The lowest BCUT2D eigenvalue weighted by Gasteiger charge is -2.26. The number of nitriles is 1. The van der Waals surface area contributed by atoms with Crippen LogP contribution in [-0.2, 0) is 9.53 Å². The van der Waals surface area contributed by atoms with Gasteiger partial charge in [0.2, 0.25) is 0 Å². The number of alkyl halides is 3. The molecule has 2 heterocycles. The van der Waals surface area contributed by atoms with Crippen molar-refractivity contribution in [2.75, 3.05) is 13.2 Å². The number of allylic oxidation sites excluding steroid dienone is 1. The number of fused-ring (bicyclic) bond motifs is 1. The second-order valence-electron chi connectivity index (χ2n) is 7.87. The van der Waals surface area contributed by atoms with Gasteiger partial charge in [-0.05, 0) is 65.4 Å². The summed E-state index contributed by atoms with van der Waals surface area (Å²) in [5.74, 6) is -0.982. The molecule has 4 rings (SSSR count). The third-order valence-electron chi connectivity index (χ3n) is 5.39. The molecule has 2 aromatic carbocycles. The Morgan fingerprint density at radius 2 is 1.95 bits per heavy atom. The Bertz CT molecular complexity index is 1710. The van der Waals surface area contributed by atoms with Gasteiger partial charge in [0, 0.05) is 15.6 Å². The lowest BCUT2D eigenvalue weighted by Crippen LogP contribution is -2.41. The van der Waals surface area contributed by atoms with Crippen LogP contribution in [-0.4, -0.2) is 29.9 Å². The molecule has 3 aromatic rings. The lowest BCUT2D eigenvalue weighted by atomic mass is 9.95. The van der Waals surface area contributed by atoms with E-state index in [1.165, 1.54) is 43.3 Å². The van der Waals surface area contributed by atoms with Gasteiger partial charge in [-0.3, -0.25) is 9.36 Å². The second-order valence-corrected chi connectivity index (χ2v) is 10.9. The normalized spacial score (nSPS) is 15.4. The van der Waals surface area contributed by atoms with E-state index in [1.807, 2.05) is 28.7 Å². The highest BCUT2D eigenvalue weighted by atomic mass is 127. The minimum absolute atomic E-state index is 0.000721. The molecular weight excluding hydrogens is 693 g/mol. The Balaban J connectivity index is 2.05. The summed E-state index contributed by atoms with van der Waals surface area (Å²) in [6.07, 6.45) is -3.63. The number of aromatic nitrogens is 1. The molecular formula is C25H15Cl2F3IN3O4S. The summed E-state index contributed by atoms with van der Waals surface area (Å²) in [6, 6.07) is 9.18. The van der Waals surface area contributed by atoms with Crippen molar-refractivity contribution in [3.05, 3.63) is 92.1 Å². The number of carbonyl (C=O) groups excluding carboxylic acids is 1. The minimum atomic E-state index is -5.02. The van der Waals surface area contributed by atoms with E-state index in [4.69, 9.17) is 37.9 Å². The fourth-order valence-corrected chi connectivity index (χ4v) is 6.22. The van der Waals surface area contributed by atoms with Crippen molar-refractivity contribution < 1.29 is 27.4 Å². The van der Waals surface area contributed by atoms with Crippen molar-refractivity contribution >= 4 is 69.2 Å². The Hall–Kier alpha value is -2.86. The lowest BCUT2D eigenvalue weighted by molar-refractivity contribution is -0.140. The van der Waals surface area contributed by atoms with Crippen LogP contribution in [0.25, 0.3) is 6.08 Å². The molecule has 0 N–H and O–H groups in total. The largest absolute Gasteiger partial charge is 0.477 e. The van der Waals surface area contributed by atoms with E-state index in [0.717, 1.165) is 4.57 Å². The van der Waals surface area contributed by atoms with Crippen LogP contribution in [0, 0.1) is 14.9 Å². The Labute approximate surface area is 246 Å². The Morgan fingerprint density at radius 1 is 1.26 bits per heavy atom. The van der Waals surface area contributed by atoms with Crippen LogP contribution < -0.4 is 19.6 Å². The molecule has 0 spiro atoms. The molecule has 14 heteroatoms. The van der Waals surface area contributed by atoms with Gasteiger partial charge < -0.3 is 9.47 Å². The van der Waals surface area contributed by atoms with Crippen molar-refractivity contribution in [3.8, 4) is 11.8 Å². The van der Waals surface area contributed by atoms with Crippen molar-refractivity contribution in [2.45, 2.75) is 19.1 Å². The minimum Gasteiger partial charge on any atom is -0.477 e. The number of halogens is 6. The quantitative estimate of drug-likeness (QED) is 0.261. The molecule has 1 atom stereocenters. The average molecular weight is 708 g/mol. The molecule has 0 saturated carbocycles. The molecule has 39 heavy (non-hydrogen) atoms. The highest BCUT2D eigenvalue weighted by Gasteiger charge is 2.45. The van der Waals surface area contributed by atoms with Gasteiger partial charge in [-0.1, -0.05) is 46.7 Å². The molecule has 0 fully saturated rings. The predicted molar refractivity (Wildman–Crippen MR) is 148 cm³/mol. The predicted octanol–water partition coefficient (Wildman–Crippen LogP) is 5.15. The zero-order valence-electron chi connectivity index (χ0n) is 19.7. The second kappa shape index (κ2) is 11.7. The number of nitrogens with zero attached hydrogens (tertiary/aromatic N) is 3. The number of esters is 1. The van der Waals surface area contributed by atoms with Crippen LogP contribution >= 0.6 is 57.1 Å². The molecule has 0 bridgehead atoms. The van der Waals surface area contributed by atoms with Crippen LogP contribution in [0.2, 0.25) is 10.0 Å². The average Bonchev–Trinajstić information content (AvgIpc) is 3.17. The van der Waals surface area contributed by atoms with Crippen LogP contribution in [0.1, 0.15) is 24.1 Å². The molecule has 1 aliphatic heterocycles. The first-order valence-corrected chi connectivity index (χ1v) is 13.7. The molecule has 0 unspecified atom stereocenters. The van der Waals surface area contributed by atoms with Gasteiger partial charge in [-0.2, -0.15) is 18.4 Å². The third-order valence-corrected chi connectivity index (χ3v) is 7.64. The van der Waals surface area contributed by atoms with Crippen LogP contribution in [0.3, 0.4) is 0 Å². The van der Waals surface area contributed by atoms with E-state index in [0.29, 0.717) is 30.5 Å². The number of benzene rings is 2. The van der Waals surface area contributed by atoms with Crippen molar-refractivity contribution in [2.24, 2.45) is 4.99 Å². The number of rotatable bonds is 6. The van der Waals surface area contributed by atoms with Gasteiger partial charge in [0.25, 0.3) is 5.56 Å². The van der Waals surface area contributed by atoms with Gasteiger partial charge in [0.15, 0.2) is 17.1 Å². The molecule has 1 aliphatic rings. The maximum absolute atomic E-state index is 14.2. The van der Waals surface area contributed by atoms with E-state index in [-0.39, 0.29) is 33.9 Å². The highest BCUT2D eigenvalue weighted by Crippen LogP contribution is 2.38. The van der Waals surface area contributed by atoms with E-state index in [1.54, 1.807) is 6.07 Å². The van der Waals surface area contributed by atoms with Crippen LogP contribution in [0.5, 0.6) is 5.75 Å². The first-order chi connectivity index (χ1) is 18.5.